The molecule has 0 bridgehead atoms. The van der Waals surface area contributed by atoms with E-state index in [0.717, 1.165) is 44.6 Å². The minimum Gasteiger partial charge on any atom is -0.497 e. The summed E-state index contributed by atoms with van der Waals surface area (Å²) in [5, 5.41) is 13.5. The maximum absolute atomic E-state index is 9.96. The van der Waals surface area contributed by atoms with Crippen molar-refractivity contribution in [1.29, 1.82) is 0 Å². The van der Waals surface area contributed by atoms with Crippen LogP contribution in [0, 0.1) is 0 Å². The summed E-state index contributed by atoms with van der Waals surface area (Å²) in [5.74, 6) is 0.849. The van der Waals surface area contributed by atoms with Crippen molar-refractivity contribution in [1.82, 2.24) is 5.32 Å². The van der Waals surface area contributed by atoms with Crippen LogP contribution in [0.3, 0.4) is 0 Å². The van der Waals surface area contributed by atoms with E-state index in [4.69, 9.17) is 9.47 Å². The van der Waals surface area contributed by atoms with E-state index in [1.165, 1.54) is 11.1 Å². The van der Waals surface area contributed by atoms with Gasteiger partial charge in [0.25, 0.3) is 0 Å². The lowest BCUT2D eigenvalue weighted by Crippen LogP contribution is -2.47. The number of hydrogen-bond donors (Lipinski definition) is 2. The van der Waals surface area contributed by atoms with Crippen molar-refractivity contribution in [2.24, 2.45) is 0 Å². The zero-order valence-electron chi connectivity index (χ0n) is 12.0. The number of aryl methyl sites for hydroxylation is 1. The lowest BCUT2D eigenvalue weighted by molar-refractivity contribution is 0.0871. The number of methoxy groups -OCH3 is 1. The second-order valence-electron chi connectivity index (χ2n) is 5.78. The molecule has 110 valence electrons. The molecule has 0 amide bonds. The van der Waals surface area contributed by atoms with Crippen molar-refractivity contribution in [2.45, 2.75) is 37.3 Å². The van der Waals surface area contributed by atoms with Crippen molar-refractivity contribution in [3.63, 3.8) is 0 Å². The molecule has 1 heterocycles. The van der Waals surface area contributed by atoms with Gasteiger partial charge < -0.3 is 19.9 Å². The van der Waals surface area contributed by atoms with Crippen LogP contribution in [-0.4, -0.2) is 38.1 Å². The van der Waals surface area contributed by atoms with E-state index in [1.807, 2.05) is 6.07 Å². The van der Waals surface area contributed by atoms with Crippen LogP contribution in [0.1, 0.15) is 30.4 Å². The molecule has 2 aliphatic rings. The van der Waals surface area contributed by atoms with E-state index in [9.17, 15) is 5.11 Å². The third kappa shape index (κ3) is 2.43. The highest BCUT2D eigenvalue weighted by molar-refractivity contribution is 5.44. The molecular formula is C16H23NO3. The average Bonchev–Trinajstić information content (AvgIpc) is 3.13. The molecule has 3 rings (SSSR count). The van der Waals surface area contributed by atoms with Gasteiger partial charge in [0.2, 0.25) is 0 Å². The summed E-state index contributed by atoms with van der Waals surface area (Å²) in [5.41, 5.74) is 2.15. The van der Waals surface area contributed by atoms with Crippen molar-refractivity contribution < 1.29 is 14.6 Å². The molecule has 1 fully saturated rings. The third-order valence-corrected chi connectivity index (χ3v) is 4.62. The summed E-state index contributed by atoms with van der Waals surface area (Å²) in [6.45, 7) is 1.78. The quantitative estimate of drug-likeness (QED) is 0.858. The van der Waals surface area contributed by atoms with Gasteiger partial charge in [-0.25, -0.2) is 0 Å². The van der Waals surface area contributed by atoms with Crippen LogP contribution in [0.2, 0.25) is 0 Å². The Morgan fingerprint density at radius 3 is 3.10 bits per heavy atom. The van der Waals surface area contributed by atoms with Crippen LogP contribution in [-0.2, 0) is 16.7 Å². The molecule has 4 nitrogen and oxygen atoms in total. The predicted octanol–water partition coefficient (Wildman–Crippen LogP) is 1.60. The Morgan fingerprint density at radius 1 is 1.50 bits per heavy atom. The Balaban J connectivity index is 1.79. The summed E-state index contributed by atoms with van der Waals surface area (Å²) in [6, 6.07) is 6.16. The number of ether oxygens (including phenoxy) is 2. The molecule has 2 atom stereocenters. The van der Waals surface area contributed by atoms with Gasteiger partial charge in [0.1, 0.15) is 5.75 Å². The molecule has 4 heteroatoms. The highest BCUT2D eigenvalue weighted by Crippen LogP contribution is 2.38. The fraction of sp³-hybridized carbons (Fsp3) is 0.625. The van der Waals surface area contributed by atoms with E-state index in [0.29, 0.717) is 0 Å². The first-order valence-corrected chi connectivity index (χ1v) is 7.42. The maximum atomic E-state index is 9.96. The number of benzene rings is 1. The fourth-order valence-corrected chi connectivity index (χ4v) is 3.35. The summed E-state index contributed by atoms with van der Waals surface area (Å²) in [7, 11) is 1.68. The summed E-state index contributed by atoms with van der Waals surface area (Å²) < 4.78 is 11.0. The smallest absolute Gasteiger partial charge is 0.119 e. The number of rotatable bonds is 5. The third-order valence-electron chi connectivity index (χ3n) is 4.62. The zero-order valence-corrected chi connectivity index (χ0v) is 12.0. The van der Waals surface area contributed by atoms with Gasteiger partial charge in [-0.1, -0.05) is 6.07 Å². The average molecular weight is 277 g/mol. The molecular weight excluding hydrogens is 254 g/mol. The first-order chi connectivity index (χ1) is 9.77. The van der Waals surface area contributed by atoms with E-state index in [2.05, 4.69) is 17.4 Å². The second-order valence-corrected chi connectivity index (χ2v) is 5.78. The number of hydrogen-bond acceptors (Lipinski definition) is 4. The zero-order chi connectivity index (χ0) is 14.0. The minimum atomic E-state index is -0.337. The highest BCUT2D eigenvalue weighted by atomic mass is 16.5. The van der Waals surface area contributed by atoms with Gasteiger partial charge in [-0.05, 0) is 48.9 Å². The van der Waals surface area contributed by atoms with Crippen LogP contribution < -0.4 is 10.1 Å². The van der Waals surface area contributed by atoms with Crippen molar-refractivity contribution in [2.75, 3.05) is 26.9 Å². The van der Waals surface area contributed by atoms with Crippen LogP contribution >= 0.6 is 0 Å². The molecule has 2 N–H and O–H groups in total. The molecule has 0 spiro atoms. The Morgan fingerprint density at radius 2 is 2.40 bits per heavy atom. The van der Waals surface area contributed by atoms with Gasteiger partial charge in [-0.15, -0.1) is 0 Å². The molecule has 1 aliphatic carbocycles. The molecule has 1 saturated heterocycles. The number of aliphatic hydroxyl groups is 1. The van der Waals surface area contributed by atoms with Gasteiger partial charge in [0, 0.05) is 13.2 Å². The largest absolute Gasteiger partial charge is 0.497 e. The monoisotopic (exact) mass is 277 g/mol. The van der Waals surface area contributed by atoms with Gasteiger partial charge >= 0.3 is 0 Å². The number of nitrogens with one attached hydrogen (secondary N) is 1. The minimum absolute atomic E-state index is 0.111. The highest BCUT2D eigenvalue weighted by Gasteiger charge is 2.38. The molecule has 1 aromatic carbocycles. The first-order valence-electron chi connectivity index (χ1n) is 7.42. The molecule has 1 aromatic rings. The maximum Gasteiger partial charge on any atom is 0.119 e. The number of aliphatic hydroxyl groups excluding tert-OH is 1. The van der Waals surface area contributed by atoms with Gasteiger partial charge in [0.05, 0.1) is 25.4 Å². The summed E-state index contributed by atoms with van der Waals surface area (Å²) in [6.07, 6.45) is 4.47. The Kier molecular flexibility index (Phi) is 3.96. The van der Waals surface area contributed by atoms with E-state index < -0.39 is 0 Å². The van der Waals surface area contributed by atoms with Crippen molar-refractivity contribution in [3.8, 4) is 5.75 Å². The predicted molar refractivity (Wildman–Crippen MR) is 77.1 cm³/mol. The SMILES string of the molecule is COc1ccc2c(c1)C(CO)(NCC1CCCO1)CC2. The van der Waals surface area contributed by atoms with Crippen molar-refractivity contribution >= 4 is 0 Å². The van der Waals surface area contributed by atoms with Gasteiger partial charge in [-0.3, -0.25) is 0 Å². The molecule has 0 radical (unpaired) electrons. The van der Waals surface area contributed by atoms with Crippen LogP contribution in [0.15, 0.2) is 18.2 Å². The Hall–Kier alpha value is -1.10. The van der Waals surface area contributed by atoms with Crippen molar-refractivity contribution in [3.05, 3.63) is 29.3 Å². The molecule has 20 heavy (non-hydrogen) atoms. The van der Waals surface area contributed by atoms with Crippen LogP contribution in [0.4, 0.5) is 0 Å². The van der Waals surface area contributed by atoms with E-state index in [1.54, 1.807) is 7.11 Å². The molecule has 1 aliphatic heterocycles. The molecule has 0 saturated carbocycles. The normalized spacial score (nSPS) is 28.6. The van der Waals surface area contributed by atoms with Gasteiger partial charge in [-0.2, -0.15) is 0 Å². The topological polar surface area (TPSA) is 50.7 Å². The second kappa shape index (κ2) is 5.72. The standard InChI is InChI=1S/C16H23NO3/c1-19-13-5-4-12-6-7-16(11-18,15(12)9-13)17-10-14-3-2-8-20-14/h4-5,9,14,17-18H,2-3,6-8,10-11H2,1H3. The fourth-order valence-electron chi connectivity index (χ4n) is 3.35. The summed E-state index contributed by atoms with van der Waals surface area (Å²) >= 11 is 0. The summed E-state index contributed by atoms with van der Waals surface area (Å²) in [4.78, 5) is 0. The Labute approximate surface area is 120 Å². The first kappa shape index (κ1) is 13.9. The van der Waals surface area contributed by atoms with E-state index in [-0.39, 0.29) is 18.2 Å². The van der Waals surface area contributed by atoms with E-state index >= 15 is 0 Å². The van der Waals surface area contributed by atoms with Gasteiger partial charge in [0.15, 0.2) is 0 Å². The molecule has 0 aromatic heterocycles. The van der Waals surface area contributed by atoms with Crippen LogP contribution in [0.5, 0.6) is 5.75 Å². The van der Waals surface area contributed by atoms with Crippen LogP contribution in [0.25, 0.3) is 0 Å². The lowest BCUT2D eigenvalue weighted by Gasteiger charge is -2.31. The molecule has 2 unspecified atom stereocenters. The lowest BCUT2D eigenvalue weighted by atomic mass is 9.92. The Bertz CT molecular complexity index is 471. The number of fused-ring (bicyclic) bond motifs is 1.